The number of ether oxygens (including phenoxy) is 1. The van der Waals surface area contributed by atoms with E-state index >= 15 is 0 Å². The van der Waals surface area contributed by atoms with Gasteiger partial charge in [0.2, 0.25) is 0 Å². The van der Waals surface area contributed by atoms with Gasteiger partial charge in [-0.25, -0.2) is 0 Å². The first-order chi connectivity index (χ1) is 12.1. The number of nitrogens with zero attached hydrogens (tertiary/aromatic N) is 4. The molecule has 25 heavy (non-hydrogen) atoms. The van der Waals surface area contributed by atoms with Crippen molar-refractivity contribution in [1.29, 1.82) is 10.5 Å². The first-order valence-corrected chi connectivity index (χ1v) is 7.85. The average Bonchev–Trinajstić information content (AvgIpc) is 2.66. The van der Waals surface area contributed by atoms with Crippen LogP contribution in [-0.2, 0) is 11.3 Å². The summed E-state index contributed by atoms with van der Waals surface area (Å²) in [4.78, 5) is 18.3. The van der Waals surface area contributed by atoms with Crippen LogP contribution < -0.4 is 4.74 Å². The minimum atomic E-state index is -0.705. The smallest absolute Gasteiger partial charge is 0.263 e. The number of pyridine rings is 1. The number of hydrogen-bond acceptors (Lipinski definition) is 5. The second kappa shape index (κ2) is 9.05. The fraction of sp³-hybridized carbons (Fsp3) is 0.263. The second-order valence-corrected chi connectivity index (χ2v) is 5.43. The lowest BCUT2D eigenvalue weighted by molar-refractivity contribution is -0.138. The third kappa shape index (κ3) is 5.33. The van der Waals surface area contributed by atoms with Gasteiger partial charge in [-0.3, -0.25) is 9.78 Å². The van der Waals surface area contributed by atoms with Gasteiger partial charge in [0.1, 0.15) is 5.75 Å². The third-order valence-corrected chi connectivity index (χ3v) is 3.55. The summed E-state index contributed by atoms with van der Waals surface area (Å²) in [6.45, 7) is 2.36. The van der Waals surface area contributed by atoms with E-state index < -0.39 is 6.10 Å². The molecule has 0 saturated carbocycles. The largest absolute Gasteiger partial charge is 0.481 e. The number of aromatic nitrogens is 1. The topological polar surface area (TPSA) is 90.0 Å². The molecule has 2 rings (SSSR count). The van der Waals surface area contributed by atoms with Crippen LogP contribution in [0.1, 0.15) is 24.5 Å². The van der Waals surface area contributed by atoms with Crippen molar-refractivity contribution in [1.82, 2.24) is 9.88 Å². The number of amides is 1. The Morgan fingerprint density at radius 1 is 1.28 bits per heavy atom. The third-order valence-electron chi connectivity index (χ3n) is 3.55. The van der Waals surface area contributed by atoms with Crippen molar-refractivity contribution in [2.24, 2.45) is 0 Å². The number of carbonyl (C=O) groups excluding carboxylic acids is 1. The molecule has 1 atom stereocenters. The summed E-state index contributed by atoms with van der Waals surface area (Å²) in [5.74, 6) is 0.310. The molecular formula is C19H18N4O2. The van der Waals surface area contributed by atoms with E-state index in [0.29, 0.717) is 24.4 Å². The molecule has 1 amide bonds. The number of benzene rings is 1. The van der Waals surface area contributed by atoms with Crippen molar-refractivity contribution < 1.29 is 9.53 Å². The zero-order valence-electron chi connectivity index (χ0n) is 13.9. The van der Waals surface area contributed by atoms with Crippen LogP contribution in [0, 0.1) is 22.7 Å². The lowest BCUT2D eigenvalue weighted by atomic mass is 10.2. The molecular weight excluding hydrogens is 316 g/mol. The molecule has 6 nitrogen and oxygen atoms in total. The minimum Gasteiger partial charge on any atom is -0.481 e. The highest BCUT2D eigenvalue weighted by atomic mass is 16.5. The fourth-order valence-corrected chi connectivity index (χ4v) is 2.28. The van der Waals surface area contributed by atoms with Gasteiger partial charge in [0, 0.05) is 25.5 Å². The minimum absolute atomic E-state index is 0.205. The Hall–Kier alpha value is -3.38. The normalized spacial score (nSPS) is 11.0. The van der Waals surface area contributed by atoms with E-state index in [9.17, 15) is 4.79 Å². The molecule has 0 aliphatic rings. The first kappa shape index (κ1) is 18.0. The molecule has 1 aromatic heterocycles. The predicted octanol–water partition coefficient (Wildman–Crippen LogP) is 2.66. The molecule has 0 bridgehead atoms. The van der Waals surface area contributed by atoms with Gasteiger partial charge in [0.25, 0.3) is 5.91 Å². The lowest BCUT2D eigenvalue weighted by Crippen LogP contribution is -2.40. The van der Waals surface area contributed by atoms with Crippen molar-refractivity contribution in [3.05, 3.63) is 59.9 Å². The standard InChI is InChI=1S/C19H18N4O2/c1-15(25-18-7-5-16(12-21)6-8-18)19(24)23(11-3-9-20)14-17-4-2-10-22-13-17/h2,4-8,10,13,15H,3,11,14H2,1H3. The van der Waals surface area contributed by atoms with E-state index in [0.717, 1.165) is 5.56 Å². The molecule has 2 aromatic rings. The molecule has 0 radical (unpaired) electrons. The Bertz CT molecular complexity index is 776. The maximum absolute atomic E-state index is 12.7. The Morgan fingerprint density at radius 3 is 2.64 bits per heavy atom. The summed E-state index contributed by atoms with van der Waals surface area (Å²) in [7, 11) is 0. The Kier molecular flexibility index (Phi) is 6.50. The maximum Gasteiger partial charge on any atom is 0.263 e. The van der Waals surface area contributed by atoms with Crippen LogP contribution in [0.25, 0.3) is 0 Å². The maximum atomic E-state index is 12.7. The predicted molar refractivity (Wildman–Crippen MR) is 91.1 cm³/mol. The number of rotatable bonds is 7. The van der Waals surface area contributed by atoms with Crippen molar-refractivity contribution in [3.8, 4) is 17.9 Å². The van der Waals surface area contributed by atoms with Crippen molar-refractivity contribution in [2.45, 2.75) is 26.0 Å². The monoisotopic (exact) mass is 334 g/mol. The molecule has 1 aromatic carbocycles. The summed E-state index contributed by atoms with van der Waals surface area (Å²) in [6.07, 6.45) is 2.90. The number of hydrogen-bond donors (Lipinski definition) is 0. The Balaban J connectivity index is 2.05. The summed E-state index contributed by atoms with van der Waals surface area (Å²) >= 11 is 0. The molecule has 0 fully saturated rings. The van der Waals surface area contributed by atoms with Crippen molar-refractivity contribution in [3.63, 3.8) is 0 Å². The first-order valence-electron chi connectivity index (χ1n) is 7.85. The van der Waals surface area contributed by atoms with Gasteiger partial charge < -0.3 is 9.64 Å². The molecule has 1 heterocycles. The van der Waals surface area contributed by atoms with E-state index in [-0.39, 0.29) is 12.3 Å². The van der Waals surface area contributed by atoms with Crippen LogP contribution in [0.15, 0.2) is 48.8 Å². The second-order valence-electron chi connectivity index (χ2n) is 5.43. The Labute approximate surface area is 146 Å². The summed E-state index contributed by atoms with van der Waals surface area (Å²) in [5.41, 5.74) is 1.41. The van der Waals surface area contributed by atoms with Gasteiger partial charge in [0.05, 0.1) is 24.1 Å². The van der Waals surface area contributed by atoms with Crippen molar-refractivity contribution in [2.75, 3.05) is 6.54 Å². The molecule has 6 heteroatoms. The van der Waals surface area contributed by atoms with E-state index in [1.165, 1.54) is 0 Å². The van der Waals surface area contributed by atoms with Gasteiger partial charge >= 0.3 is 0 Å². The van der Waals surface area contributed by atoms with Gasteiger partial charge in [0.15, 0.2) is 6.10 Å². The summed E-state index contributed by atoms with van der Waals surface area (Å²) in [6, 6.07) is 14.4. The van der Waals surface area contributed by atoms with E-state index in [2.05, 4.69) is 11.1 Å². The van der Waals surface area contributed by atoms with Gasteiger partial charge in [-0.15, -0.1) is 0 Å². The van der Waals surface area contributed by atoms with Gasteiger partial charge in [-0.1, -0.05) is 6.07 Å². The van der Waals surface area contributed by atoms with Crippen LogP contribution in [0.3, 0.4) is 0 Å². The SMILES string of the molecule is CC(Oc1ccc(C#N)cc1)C(=O)N(CCC#N)Cc1cccnc1. The van der Waals surface area contributed by atoms with Crippen molar-refractivity contribution >= 4 is 5.91 Å². The van der Waals surface area contributed by atoms with Gasteiger partial charge in [-0.05, 0) is 42.8 Å². The molecule has 0 N–H and O–H groups in total. The average molecular weight is 334 g/mol. The van der Waals surface area contributed by atoms with E-state index in [4.69, 9.17) is 15.3 Å². The van der Waals surface area contributed by atoms with E-state index in [1.54, 1.807) is 54.5 Å². The molecule has 0 saturated heterocycles. The quantitative estimate of drug-likeness (QED) is 0.776. The highest BCUT2D eigenvalue weighted by Gasteiger charge is 2.22. The molecule has 0 spiro atoms. The summed E-state index contributed by atoms with van der Waals surface area (Å²) < 4.78 is 5.68. The van der Waals surface area contributed by atoms with Crippen LogP contribution in [0.5, 0.6) is 5.75 Å². The van der Waals surface area contributed by atoms with Gasteiger partial charge in [-0.2, -0.15) is 10.5 Å². The molecule has 0 aliphatic heterocycles. The van der Waals surface area contributed by atoms with Crippen LogP contribution in [-0.4, -0.2) is 28.4 Å². The zero-order chi connectivity index (χ0) is 18.1. The molecule has 126 valence electrons. The van der Waals surface area contributed by atoms with Crippen LogP contribution >= 0.6 is 0 Å². The van der Waals surface area contributed by atoms with Crippen LogP contribution in [0.4, 0.5) is 0 Å². The Morgan fingerprint density at radius 2 is 2.04 bits per heavy atom. The number of nitriles is 2. The lowest BCUT2D eigenvalue weighted by Gasteiger charge is -2.25. The zero-order valence-corrected chi connectivity index (χ0v) is 13.9. The highest BCUT2D eigenvalue weighted by molar-refractivity contribution is 5.81. The fourth-order valence-electron chi connectivity index (χ4n) is 2.28. The van der Waals surface area contributed by atoms with Crippen LogP contribution in [0.2, 0.25) is 0 Å². The molecule has 1 unspecified atom stereocenters. The highest BCUT2D eigenvalue weighted by Crippen LogP contribution is 2.15. The number of carbonyl (C=O) groups is 1. The van der Waals surface area contributed by atoms with E-state index in [1.807, 2.05) is 12.1 Å². The summed E-state index contributed by atoms with van der Waals surface area (Å²) in [5, 5.41) is 17.6. The molecule has 0 aliphatic carbocycles.